The number of para-hydroxylation sites is 1. The number of anilines is 1. The molecule has 0 aliphatic rings. The Morgan fingerprint density at radius 1 is 1.28 bits per heavy atom. The van der Waals surface area contributed by atoms with Crippen molar-refractivity contribution >= 4 is 38.6 Å². The summed E-state index contributed by atoms with van der Waals surface area (Å²) in [6.45, 7) is 2.00. The summed E-state index contributed by atoms with van der Waals surface area (Å²) in [7, 11) is 0. The highest BCUT2D eigenvalue weighted by Crippen LogP contribution is 2.23. The topological polar surface area (TPSA) is 88.5 Å². The lowest BCUT2D eigenvalue weighted by atomic mass is 10.2. The number of fused-ring (bicyclic) bond motifs is 1. The lowest BCUT2D eigenvalue weighted by Crippen LogP contribution is -2.11. The van der Waals surface area contributed by atoms with Gasteiger partial charge in [-0.2, -0.15) is 10.2 Å². The fraction of sp³-hybridized carbons (Fsp3) is 0.0588. The Labute approximate surface area is 151 Å². The molecule has 0 atom stereocenters. The maximum Gasteiger partial charge on any atom is 0.260 e. The maximum absolute atomic E-state index is 12.5. The third-order valence-electron chi connectivity index (χ3n) is 3.85. The predicted octanol–water partition coefficient (Wildman–Crippen LogP) is 3.47. The van der Waals surface area contributed by atoms with Crippen LogP contribution in [0.4, 0.5) is 5.82 Å². The molecule has 0 aliphatic carbocycles. The van der Waals surface area contributed by atoms with E-state index in [1.165, 1.54) is 6.20 Å². The zero-order valence-corrected chi connectivity index (χ0v) is 14.8. The first-order chi connectivity index (χ1) is 12.1. The standard InChI is InChI=1S/C17H13BrN6O/c1-10-4-2-3-5-14(10)24-9-11(7-20-24)17(25)21-16-12-6-15(18)19-8-13(12)22-23-16/h2-9H,1H3,(H2,21,22,23,25). The molecule has 0 fully saturated rings. The third kappa shape index (κ3) is 2.91. The number of hydrogen-bond acceptors (Lipinski definition) is 4. The first-order valence-electron chi connectivity index (χ1n) is 7.53. The van der Waals surface area contributed by atoms with Gasteiger partial charge in [-0.3, -0.25) is 9.89 Å². The van der Waals surface area contributed by atoms with Gasteiger partial charge in [-0.1, -0.05) is 18.2 Å². The molecular weight excluding hydrogens is 384 g/mol. The molecule has 4 rings (SSSR count). The molecule has 0 radical (unpaired) electrons. The van der Waals surface area contributed by atoms with Gasteiger partial charge in [0.05, 0.1) is 29.2 Å². The Balaban J connectivity index is 1.61. The van der Waals surface area contributed by atoms with Crippen molar-refractivity contribution in [2.45, 2.75) is 6.92 Å². The van der Waals surface area contributed by atoms with Gasteiger partial charge in [-0.05, 0) is 40.5 Å². The summed E-state index contributed by atoms with van der Waals surface area (Å²) in [5.41, 5.74) is 3.21. The van der Waals surface area contributed by atoms with Crippen LogP contribution in [0.5, 0.6) is 0 Å². The number of rotatable bonds is 3. The van der Waals surface area contributed by atoms with Crippen molar-refractivity contribution in [3.63, 3.8) is 0 Å². The van der Waals surface area contributed by atoms with Gasteiger partial charge in [-0.15, -0.1) is 0 Å². The van der Waals surface area contributed by atoms with Crippen molar-refractivity contribution in [2.75, 3.05) is 5.32 Å². The van der Waals surface area contributed by atoms with Crippen LogP contribution in [0.15, 0.2) is 53.5 Å². The number of amides is 1. The number of aryl methyl sites for hydroxylation is 1. The molecule has 1 amide bonds. The zero-order chi connectivity index (χ0) is 17.4. The van der Waals surface area contributed by atoms with E-state index in [4.69, 9.17) is 0 Å². The van der Waals surface area contributed by atoms with E-state index >= 15 is 0 Å². The zero-order valence-electron chi connectivity index (χ0n) is 13.2. The van der Waals surface area contributed by atoms with Crippen LogP contribution in [0, 0.1) is 6.92 Å². The molecule has 0 saturated heterocycles. The van der Waals surface area contributed by atoms with Crippen molar-refractivity contribution in [3.05, 3.63) is 64.7 Å². The number of nitrogens with zero attached hydrogens (tertiary/aromatic N) is 4. The molecule has 7 nitrogen and oxygen atoms in total. The van der Waals surface area contributed by atoms with Crippen molar-refractivity contribution in [1.29, 1.82) is 0 Å². The van der Waals surface area contributed by atoms with E-state index < -0.39 is 0 Å². The molecular formula is C17H13BrN6O. The van der Waals surface area contributed by atoms with E-state index in [2.05, 4.69) is 41.5 Å². The number of pyridine rings is 1. The summed E-state index contributed by atoms with van der Waals surface area (Å²) < 4.78 is 2.36. The molecule has 1 aromatic carbocycles. The van der Waals surface area contributed by atoms with Gasteiger partial charge in [0.1, 0.15) is 4.60 Å². The predicted molar refractivity (Wildman–Crippen MR) is 97.8 cm³/mol. The van der Waals surface area contributed by atoms with E-state index in [0.29, 0.717) is 16.0 Å². The fourth-order valence-electron chi connectivity index (χ4n) is 2.56. The summed E-state index contributed by atoms with van der Waals surface area (Å²) in [4.78, 5) is 16.6. The molecule has 0 aliphatic heterocycles. The van der Waals surface area contributed by atoms with E-state index in [0.717, 1.165) is 22.2 Å². The third-order valence-corrected chi connectivity index (χ3v) is 4.29. The van der Waals surface area contributed by atoms with Gasteiger partial charge in [0.25, 0.3) is 5.91 Å². The quantitative estimate of drug-likeness (QED) is 0.518. The number of nitrogens with one attached hydrogen (secondary N) is 2. The number of benzene rings is 1. The van der Waals surface area contributed by atoms with E-state index in [9.17, 15) is 4.79 Å². The smallest absolute Gasteiger partial charge is 0.260 e. The molecule has 0 bridgehead atoms. The Kier molecular flexibility index (Phi) is 3.81. The van der Waals surface area contributed by atoms with Gasteiger partial charge < -0.3 is 5.32 Å². The maximum atomic E-state index is 12.5. The number of carbonyl (C=O) groups is 1. The minimum absolute atomic E-state index is 0.277. The first-order valence-corrected chi connectivity index (χ1v) is 8.33. The molecule has 4 aromatic rings. The average Bonchev–Trinajstić information content (AvgIpc) is 3.23. The molecule has 0 unspecified atom stereocenters. The van der Waals surface area contributed by atoms with Crippen LogP contribution < -0.4 is 5.32 Å². The Hall–Kier alpha value is -3.00. The van der Waals surface area contributed by atoms with Gasteiger partial charge >= 0.3 is 0 Å². The second kappa shape index (κ2) is 6.14. The van der Waals surface area contributed by atoms with Crippen LogP contribution in [0.1, 0.15) is 15.9 Å². The number of H-pyrrole nitrogens is 1. The summed E-state index contributed by atoms with van der Waals surface area (Å²) in [6.07, 6.45) is 4.89. The minimum atomic E-state index is -0.277. The summed E-state index contributed by atoms with van der Waals surface area (Å²) in [6, 6.07) is 9.65. The second-order valence-corrected chi connectivity index (χ2v) is 6.35. The summed E-state index contributed by atoms with van der Waals surface area (Å²) in [5, 5.41) is 14.8. The monoisotopic (exact) mass is 396 g/mol. The number of aromatic amines is 1. The van der Waals surface area contributed by atoms with Crippen LogP contribution in [0.2, 0.25) is 0 Å². The lowest BCUT2D eigenvalue weighted by molar-refractivity contribution is 0.102. The number of carbonyl (C=O) groups excluding carboxylic acids is 1. The van der Waals surface area contributed by atoms with Gasteiger partial charge in [0, 0.05) is 11.6 Å². The van der Waals surface area contributed by atoms with E-state index in [1.54, 1.807) is 23.1 Å². The van der Waals surface area contributed by atoms with E-state index in [-0.39, 0.29) is 5.91 Å². The fourth-order valence-corrected chi connectivity index (χ4v) is 2.89. The number of hydrogen-bond donors (Lipinski definition) is 2. The molecule has 8 heteroatoms. The largest absolute Gasteiger partial charge is 0.304 e. The van der Waals surface area contributed by atoms with Crippen molar-refractivity contribution in [3.8, 4) is 5.69 Å². The molecule has 0 saturated carbocycles. The van der Waals surface area contributed by atoms with Crippen molar-refractivity contribution < 1.29 is 4.79 Å². The van der Waals surface area contributed by atoms with Gasteiger partial charge in [0.15, 0.2) is 5.82 Å². The lowest BCUT2D eigenvalue weighted by Gasteiger charge is -2.04. The highest BCUT2D eigenvalue weighted by atomic mass is 79.9. The average molecular weight is 397 g/mol. The summed E-state index contributed by atoms with van der Waals surface area (Å²) in [5.74, 6) is 0.174. The van der Waals surface area contributed by atoms with Crippen LogP contribution in [0.25, 0.3) is 16.6 Å². The molecule has 3 heterocycles. The normalized spacial score (nSPS) is 11.0. The van der Waals surface area contributed by atoms with E-state index in [1.807, 2.05) is 31.2 Å². The van der Waals surface area contributed by atoms with Crippen LogP contribution >= 0.6 is 15.9 Å². The molecule has 124 valence electrons. The molecule has 3 aromatic heterocycles. The van der Waals surface area contributed by atoms with Gasteiger partial charge in [0.2, 0.25) is 0 Å². The number of halogens is 1. The molecule has 2 N–H and O–H groups in total. The molecule has 25 heavy (non-hydrogen) atoms. The van der Waals surface area contributed by atoms with Gasteiger partial charge in [-0.25, -0.2) is 9.67 Å². The van der Waals surface area contributed by atoms with Crippen LogP contribution in [-0.2, 0) is 0 Å². The van der Waals surface area contributed by atoms with Crippen LogP contribution in [0.3, 0.4) is 0 Å². The highest BCUT2D eigenvalue weighted by Gasteiger charge is 2.14. The molecule has 0 spiro atoms. The minimum Gasteiger partial charge on any atom is -0.304 e. The number of aromatic nitrogens is 5. The first kappa shape index (κ1) is 15.5. The highest BCUT2D eigenvalue weighted by molar-refractivity contribution is 9.10. The Morgan fingerprint density at radius 3 is 2.96 bits per heavy atom. The van der Waals surface area contributed by atoms with Crippen molar-refractivity contribution in [1.82, 2.24) is 25.0 Å². The second-order valence-electron chi connectivity index (χ2n) is 5.54. The van der Waals surface area contributed by atoms with Crippen LogP contribution in [-0.4, -0.2) is 30.9 Å². The summed E-state index contributed by atoms with van der Waals surface area (Å²) >= 11 is 3.32. The van der Waals surface area contributed by atoms with Crippen molar-refractivity contribution in [2.24, 2.45) is 0 Å². The Morgan fingerprint density at radius 2 is 2.12 bits per heavy atom. The Bertz CT molecular complexity index is 1080. The SMILES string of the molecule is Cc1ccccc1-n1cc(C(=O)Nc2n[nH]c3cnc(Br)cc23)cn1.